The lowest BCUT2D eigenvalue weighted by Crippen LogP contribution is -2.52. The Balaban J connectivity index is 0.870. The molecule has 5 heterocycles. The van der Waals surface area contributed by atoms with E-state index in [2.05, 4.69) is 36.4 Å². The Morgan fingerprint density at radius 1 is 1.09 bits per heavy atom. The van der Waals surface area contributed by atoms with Gasteiger partial charge in [0.25, 0.3) is 0 Å². The number of nitrogens with two attached hydrogens (primary N) is 2. The van der Waals surface area contributed by atoms with Crippen molar-refractivity contribution in [1.29, 1.82) is 0 Å². The van der Waals surface area contributed by atoms with Crippen LogP contribution in [0.25, 0.3) is 11.3 Å². The largest absolute Gasteiger partial charge is 0.482 e. The summed E-state index contributed by atoms with van der Waals surface area (Å²) >= 11 is 0. The minimum Gasteiger partial charge on any atom is -0.482 e. The lowest BCUT2D eigenvalue weighted by Gasteiger charge is -2.44. The lowest BCUT2D eigenvalue weighted by atomic mass is 9.93. The number of anilines is 2. The quantitative estimate of drug-likeness (QED) is 0.0899. The number of hydrogen-bond donors (Lipinski definition) is 3. The number of halogens is 1. The van der Waals surface area contributed by atoms with E-state index in [1.165, 1.54) is 23.1 Å². The smallest absolute Gasteiger partial charge is 0.243 e. The Kier molecular flexibility index (Phi) is 12.5. The molecule has 0 saturated carbocycles. The molecular weight excluding hydrogens is 742 g/mol. The molecule has 0 bridgehead atoms. The van der Waals surface area contributed by atoms with Crippen molar-refractivity contribution in [3.8, 4) is 11.4 Å². The summed E-state index contributed by atoms with van der Waals surface area (Å²) < 4.78 is 20.5. The fourth-order valence-corrected chi connectivity index (χ4v) is 7.98. The summed E-state index contributed by atoms with van der Waals surface area (Å²) in [6.45, 7) is 7.89. The first-order valence-electron chi connectivity index (χ1n) is 19.7. The van der Waals surface area contributed by atoms with Crippen LogP contribution in [0.1, 0.15) is 65.8 Å². The van der Waals surface area contributed by atoms with Gasteiger partial charge < -0.3 is 26.0 Å². The van der Waals surface area contributed by atoms with E-state index in [1.807, 2.05) is 24.1 Å². The highest BCUT2D eigenvalue weighted by atomic mass is 19.1. The molecule has 2 aromatic carbocycles. The van der Waals surface area contributed by atoms with Gasteiger partial charge in [-0.2, -0.15) is 15.0 Å². The Bertz CT molecular complexity index is 2160. The number of imide groups is 1. The predicted octanol–water partition coefficient (Wildman–Crippen LogP) is 3.79. The third kappa shape index (κ3) is 9.40. The second kappa shape index (κ2) is 18.1. The fourth-order valence-electron chi connectivity index (χ4n) is 7.98. The first-order valence-corrected chi connectivity index (χ1v) is 19.7. The maximum absolute atomic E-state index is 14.3. The molecule has 304 valence electrons. The van der Waals surface area contributed by atoms with Crippen LogP contribution in [0.5, 0.6) is 5.75 Å². The van der Waals surface area contributed by atoms with E-state index in [4.69, 9.17) is 21.2 Å². The maximum atomic E-state index is 14.3. The molecule has 0 spiro atoms. The number of aliphatic imine (C=N–C) groups is 1. The van der Waals surface area contributed by atoms with Gasteiger partial charge in [0.05, 0.1) is 24.1 Å². The van der Waals surface area contributed by atoms with Crippen LogP contribution >= 0.6 is 0 Å². The number of pyridine rings is 1. The Hall–Kier alpha value is -6.00. The molecule has 7 rings (SSSR count). The minimum atomic E-state index is -0.605. The highest BCUT2D eigenvalue weighted by Crippen LogP contribution is 2.32. The zero-order chi connectivity index (χ0) is 40.8. The fraction of sp³-hybridized carbons (Fsp3) is 0.405. The van der Waals surface area contributed by atoms with Gasteiger partial charge >= 0.3 is 0 Å². The van der Waals surface area contributed by atoms with Gasteiger partial charge in [0.1, 0.15) is 18.2 Å². The second-order valence-corrected chi connectivity index (χ2v) is 15.4. The monoisotopic (exact) mass is 791 g/mol. The average Bonchev–Trinajstić information content (AvgIpc) is 3.74. The van der Waals surface area contributed by atoms with E-state index >= 15 is 0 Å². The molecular formula is C42H50FN11O4. The van der Waals surface area contributed by atoms with Crippen LogP contribution in [-0.2, 0) is 16.1 Å². The predicted molar refractivity (Wildman–Crippen MR) is 219 cm³/mol. The molecule has 16 heteroatoms. The molecule has 2 unspecified atom stereocenters. The summed E-state index contributed by atoms with van der Waals surface area (Å²) in [5.41, 5.74) is 17.3. The van der Waals surface area contributed by atoms with E-state index in [9.17, 15) is 18.8 Å². The number of likely N-dealkylation sites (N-methyl/N-ethyl adjacent to an activating group) is 1. The van der Waals surface area contributed by atoms with E-state index in [1.54, 1.807) is 43.9 Å². The van der Waals surface area contributed by atoms with Gasteiger partial charge in [0, 0.05) is 91.6 Å². The molecule has 5 N–H and O–H groups in total. The molecule has 3 fully saturated rings. The Morgan fingerprint density at radius 3 is 2.59 bits per heavy atom. The number of ether oxygens (including phenoxy) is 1. The van der Waals surface area contributed by atoms with Gasteiger partial charge in [0.15, 0.2) is 11.6 Å². The standard InChI is InChI=1S/C42H50FN11O4/c1-27(36-17-34(43)4-6-37(36)54-48-11-12-49-54)58-39-16-31(21-47-41(39)45)33(18-44)20-46-19-28-9-13-52(14-10-28)22-29-23-53(24-29)35-5-3-30(26-55)32(15-35)25-51(2)38-7-8-40(56)50-42(38)57/h3-6,11-12,15-18,20-21,26-29,38H,7-10,13-14,19,22-25,44H2,1-2H3,(H2,45,47)(H,50,56,57)/b33-18+,46-20?. The molecule has 3 aliphatic rings. The molecule has 3 aliphatic heterocycles. The maximum Gasteiger partial charge on any atom is 0.243 e. The topological polar surface area (TPSA) is 190 Å². The Labute approximate surface area is 336 Å². The molecule has 4 aromatic rings. The molecule has 58 heavy (non-hydrogen) atoms. The van der Waals surface area contributed by atoms with Gasteiger partial charge in [-0.25, -0.2) is 9.37 Å². The van der Waals surface area contributed by atoms with Crippen LogP contribution in [0.4, 0.5) is 15.9 Å². The third-order valence-electron chi connectivity index (χ3n) is 11.3. The molecule has 3 saturated heterocycles. The summed E-state index contributed by atoms with van der Waals surface area (Å²) in [6.07, 6.45) is 11.1. The molecule has 2 aromatic heterocycles. The SMILES string of the molecule is CC(Oc1cc(/C(C=NCC2CCN(CC3CN(c4ccc(C=O)c(CN(C)C5CCC(=O)NC5=O)c4)C3)CC2)=C/N)cnc1N)c1cc(F)ccc1-n1nccn1. The number of likely N-dealkylation sites (tertiary alicyclic amines) is 1. The van der Waals surface area contributed by atoms with Crippen molar-refractivity contribution in [2.75, 3.05) is 56.9 Å². The van der Waals surface area contributed by atoms with Crippen LogP contribution in [0.3, 0.4) is 0 Å². The number of aromatic nitrogens is 4. The van der Waals surface area contributed by atoms with Crippen molar-refractivity contribution in [2.24, 2.45) is 22.6 Å². The highest BCUT2D eigenvalue weighted by Gasteiger charge is 2.32. The number of hydrogen-bond acceptors (Lipinski definition) is 13. The summed E-state index contributed by atoms with van der Waals surface area (Å²) in [6, 6.07) is 11.6. The van der Waals surface area contributed by atoms with Gasteiger partial charge in [0.2, 0.25) is 11.8 Å². The minimum absolute atomic E-state index is 0.190. The highest BCUT2D eigenvalue weighted by molar-refractivity contribution is 6.09. The Morgan fingerprint density at radius 2 is 1.86 bits per heavy atom. The number of nitrogens with one attached hydrogen (secondary N) is 1. The van der Waals surface area contributed by atoms with Crippen LogP contribution in [0, 0.1) is 17.7 Å². The van der Waals surface area contributed by atoms with Gasteiger partial charge in [-0.15, -0.1) is 0 Å². The van der Waals surface area contributed by atoms with Crippen molar-refractivity contribution in [2.45, 2.75) is 51.3 Å². The van der Waals surface area contributed by atoms with Crippen LogP contribution in [0.2, 0.25) is 0 Å². The zero-order valence-electron chi connectivity index (χ0n) is 32.8. The van der Waals surface area contributed by atoms with Crippen LogP contribution in [0.15, 0.2) is 72.2 Å². The van der Waals surface area contributed by atoms with Gasteiger partial charge in [-0.05, 0) is 100 Å². The van der Waals surface area contributed by atoms with E-state index in [-0.39, 0.29) is 17.6 Å². The molecule has 0 aliphatic carbocycles. The number of amides is 2. The average molecular weight is 792 g/mol. The van der Waals surface area contributed by atoms with Gasteiger partial charge in [-0.1, -0.05) is 0 Å². The molecule has 2 amide bonds. The third-order valence-corrected chi connectivity index (χ3v) is 11.3. The number of rotatable bonds is 15. The number of piperidine rings is 2. The molecule has 2 atom stereocenters. The van der Waals surface area contributed by atoms with Crippen molar-refractivity contribution in [3.05, 3.63) is 95.3 Å². The lowest BCUT2D eigenvalue weighted by molar-refractivity contribution is -0.137. The molecule has 15 nitrogen and oxygen atoms in total. The number of benzene rings is 2. The van der Waals surface area contributed by atoms with Crippen LogP contribution < -0.4 is 26.4 Å². The number of aldehydes is 1. The second-order valence-electron chi connectivity index (χ2n) is 15.4. The normalized spacial score (nSPS) is 19.1. The van der Waals surface area contributed by atoms with Crippen molar-refractivity contribution >= 4 is 41.4 Å². The summed E-state index contributed by atoms with van der Waals surface area (Å²) in [7, 11) is 1.85. The van der Waals surface area contributed by atoms with Crippen molar-refractivity contribution in [3.63, 3.8) is 0 Å². The van der Waals surface area contributed by atoms with Crippen LogP contribution in [-0.4, -0.2) is 106 Å². The van der Waals surface area contributed by atoms with E-state index in [0.717, 1.165) is 63.1 Å². The summed E-state index contributed by atoms with van der Waals surface area (Å²) in [5.74, 6) is 0.607. The number of carbonyl (C=O) groups excluding carboxylic acids is 3. The number of nitrogens with zero attached hydrogens (tertiary/aromatic N) is 8. The first kappa shape index (κ1) is 40.2. The summed E-state index contributed by atoms with van der Waals surface area (Å²) in [5, 5.41) is 10.8. The number of carbonyl (C=O) groups is 3. The first-order chi connectivity index (χ1) is 28.1. The molecule has 0 radical (unpaired) electrons. The van der Waals surface area contributed by atoms with Crippen molar-refractivity contribution in [1.82, 2.24) is 35.1 Å². The van der Waals surface area contributed by atoms with E-state index in [0.29, 0.717) is 71.5 Å². The van der Waals surface area contributed by atoms with Gasteiger partial charge in [-0.3, -0.25) is 29.6 Å². The van der Waals surface area contributed by atoms with E-state index < -0.39 is 18.0 Å². The summed E-state index contributed by atoms with van der Waals surface area (Å²) in [4.78, 5) is 53.2. The number of allylic oxidation sites excluding steroid dienone is 1. The number of nitrogen functional groups attached to an aromatic ring is 1. The van der Waals surface area contributed by atoms with Crippen molar-refractivity contribution < 1.29 is 23.5 Å². The zero-order valence-corrected chi connectivity index (χ0v) is 32.8.